The minimum atomic E-state index is -3.22. The summed E-state index contributed by atoms with van der Waals surface area (Å²) in [6.07, 6.45) is 8.35. The number of rotatable bonds is 4. The Bertz CT molecular complexity index is 1260. The third-order valence-electron chi connectivity index (χ3n) is 3.97. The summed E-state index contributed by atoms with van der Waals surface area (Å²) in [6, 6.07) is 12.7. The second kappa shape index (κ2) is 6.16. The van der Waals surface area contributed by atoms with Crippen molar-refractivity contribution in [2.75, 3.05) is 12.9 Å². The van der Waals surface area contributed by atoms with Crippen molar-refractivity contribution >= 4 is 36.4 Å². The number of imidazole rings is 1. The predicted molar refractivity (Wildman–Crippen MR) is 103 cm³/mol. The summed E-state index contributed by atoms with van der Waals surface area (Å²) in [6.45, 7) is 0.237. The van der Waals surface area contributed by atoms with Gasteiger partial charge in [0.05, 0.1) is 20.8 Å². The Balaban J connectivity index is 1.73. The van der Waals surface area contributed by atoms with Crippen LogP contribution in [0.1, 0.15) is 0 Å². The highest BCUT2D eigenvalue weighted by molar-refractivity contribution is 7.90. The number of hydrogen-bond donors (Lipinski definition) is 0. The third-order valence-corrected chi connectivity index (χ3v) is 6.09. The lowest BCUT2D eigenvalue weighted by Gasteiger charge is -2.02. The molecule has 4 rings (SSSR count). The van der Waals surface area contributed by atoms with Crippen LogP contribution in [0.5, 0.6) is 5.75 Å². The minimum Gasteiger partial charge on any atom is -0.481 e. The van der Waals surface area contributed by atoms with E-state index in [1.54, 1.807) is 12.1 Å². The van der Waals surface area contributed by atoms with Crippen LogP contribution in [0.2, 0.25) is 0 Å². The van der Waals surface area contributed by atoms with Gasteiger partial charge in [-0.1, -0.05) is 17.3 Å². The molecule has 0 saturated carbocycles. The Kier molecular flexibility index (Phi) is 3.94. The van der Waals surface area contributed by atoms with Gasteiger partial charge in [-0.2, -0.15) is 0 Å². The molecule has 0 aliphatic carbocycles. The highest BCUT2D eigenvalue weighted by atomic mass is 32.2. The van der Waals surface area contributed by atoms with Gasteiger partial charge < -0.3 is 4.74 Å². The maximum atomic E-state index is 11.7. The average Bonchev–Trinajstić information content (AvgIpc) is 3.17. The Labute approximate surface area is 154 Å². The van der Waals surface area contributed by atoms with E-state index < -0.39 is 9.84 Å². The van der Waals surface area contributed by atoms with Gasteiger partial charge in [0.15, 0.2) is 14.8 Å². The molecule has 2 heterocycles. The number of nitrogens with zero attached hydrogens (tertiary/aromatic N) is 2. The first kappa shape index (κ1) is 16.6. The van der Waals surface area contributed by atoms with E-state index in [2.05, 4.69) is 10.9 Å². The molecule has 7 heteroatoms. The minimum absolute atomic E-state index is 0.237. The number of aromatic nitrogens is 2. The molecule has 0 unspecified atom stereocenters. The first-order valence-corrected chi connectivity index (χ1v) is 10.4. The number of benzene rings is 2. The van der Waals surface area contributed by atoms with Crippen LogP contribution in [0.25, 0.3) is 26.4 Å². The van der Waals surface area contributed by atoms with Crippen molar-refractivity contribution in [1.82, 2.24) is 9.38 Å². The molecular formula is C19H14N2O3S2. The lowest BCUT2D eigenvalue weighted by atomic mass is 10.2. The van der Waals surface area contributed by atoms with Gasteiger partial charge >= 0.3 is 0 Å². The van der Waals surface area contributed by atoms with Gasteiger partial charge in [-0.15, -0.1) is 6.42 Å². The molecule has 0 saturated heterocycles. The Hall–Kier alpha value is -2.82. The smallest absolute Gasteiger partial charge is 0.195 e. The molecule has 0 spiro atoms. The number of terminal acetylenes is 1. The molecule has 4 aromatic rings. The topological polar surface area (TPSA) is 60.7 Å². The van der Waals surface area contributed by atoms with Gasteiger partial charge in [0.1, 0.15) is 12.4 Å². The van der Waals surface area contributed by atoms with Crippen molar-refractivity contribution in [3.8, 4) is 29.4 Å². The molecule has 130 valence electrons. The zero-order chi connectivity index (χ0) is 18.3. The average molecular weight is 382 g/mol. The molecule has 26 heavy (non-hydrogen) atoms. The quantitative estimate of drug-likeness (QED) is 0.506. The normalized spacial score (nSPS) is 11.7. The number of fused-ring (bicyclic) bond motifs is 3. The maximum absolute atomic E-state index is 11.7. The summed E-state index contributed by atoms with van der Waals surface area (Å²) in [5.41, 5.74) is 2.74. The summed E-state index contributed by atoms with van der Waals surface area (Å²) >= 11 is 1.46. The first-order valence-electron chi connectivity index (χ1n) is 7.74. The molecule has 2 aromatic heterocycles. The lowest BCUT2D eigenvalue weighted by Crippen LogP contribution is -1.96. The summed E-state index contributed by atoms with van der Waals surface area (Å²) in [4.78, 5) is 5.79. The van der Waals surface area contributed by atoms with Gasteiger partial charge in [0.25, 0.3) is 0 Å². The van der Waals surface area contributed by atoms with Crippen molar-refractivity contribution in [1.29, 1.82) is 0 Å². The fourth-order valence-corrected chi connectivity index (χ4v) is 4.47. The Morgan fingerprint density at radius 3 is 2.69 bits per heavy atom. The third kappa shape index (κ3) is 2.94. The molecule has 0 aliphatic rings. The second-order valence-corrected chi connectivity index (χ2v) is 8.82. The van der Waals surface area contributed by atoms with Gasteiger partial charge in [-0.25, -0.2) is 13.4 Å². The zero-order valence-electron chi connectivity index (χ0n) is 13.8. The van der Waals surface area contributed by atoms with Crippen LogP contribution in [0.3, 0.4) is 0 Å². The largest absolute Gasteiger partial charge is 0.481 e. The van der Waals surface area contributed by atoms with E-state index in [0.717, 1.165) is 26.4 Å². The number of hydrogen-bond acceptors (Lipinski definition) is 5. The van der Waals surface area contributed by atoms with E-state index in [-0.39, 0.29) is 6.61 Å². The fraction of sp³-hybridized carbons (Fsp3) is 0.105. The van der Waals surface area contributed by atoms with E-state index in [1.807, 2.05) is 40.9 Å². The van der Waals surface area contributed by atoms with Crippen molar-refractivity contribution in [3.63, 3.8) is 0 Å². The monoisotopic (exact) mass is 382 g/mol. The lowest BCUT2D eigenvalue weighted by molar-refractivity contribution is 0.370. The second-order valence-electron chi connectivity index (χ2n) is 5.80. The fourth-order valence-electron chi connectivity index (χ4n) is 2.70. The molecule has 0 N–H and O–H groups in total. The van der Waals surface area contributed by atoms with E-state index in [0.29, 0.717) is 10.6 Å². The Morgan fingerprint density at radius 1 is 1.23 bits per heavy atom. The van der Waals surface area contributed by atoms with E-state index in [4.69, 9.17) is 11.2 Å². The van der Waals surface area contributed by atoms with Crippen LogP contribution in [-0.2, 0) is 9.84 Å². The highest BCUT2D eigenvalue weighted by Crippen LogP contribution is 2.31. The van der Waals surface area contributed by atoms with Crippen molar-refractivity contribution in [2.45, 2.75) is 4.90 Å². The van der Waals surface area contributed by atoms with E-state index in [1.165, 1.54) is 17.6 Å². The molecule has 0 radical (unpaired) electrons. The summed E-state index contributed by atoms with van der Waals surface area (Å²) in [5, 5.41) is 0. The standard InChI is InChI=1S/C19H14N2O3S2/c1-3-10-24-14-6-4-13(5-7-14)16-12-21-17-9-8-15(26(2,22)23)11-18(17)25-19(21)20-16/h1,4-9,11-12H,10H2,2H3. The van der Waals surface area contributed by atoms with E-state index >= 15 is 0 Å². The van der Waals surface area contributed by atoms with Crippen LogP contribution >= 0.6 is 11.3 Å². The molecule has 0 amide bonds. The summed E-state index contributed by atoms with van der Waals surface area (Å²) < 4.78 is 31.7. The van der Waals surface area contributed by atoms with E-state index in [9.17, 15) is 8.42 Å². The van der Waals surface area contributed by atoms with Gasteiger partial charge in [-0.3, -0.25) is 4.40 Å². The highest BCUT2D eigenvalue weighted by Gasteiger charge is 2.13. The van der Waals surface area contributed by atoms with Crippen LogP contribution in [-0.4, -0.2) is 30.7 Å². The number of ether oxygens (including phenoxy) is 1. The van der Waals surface area contributed by atoms with Crippen molar-refractivity contribution in [2.24, 2.45) is 0 Å². The van der Waals surface area contributed by atoms with Crippen LogP contribution < -0.4 is 4.74 Å². The molecule has 0 aliphatic heterocycles. The van der Waals surface area contributed by atoms with Crippen LogP contribution in [0.15, 0.2) is 53.6 Å². The Morgan fingerprint density at radius 2 is 2.00 bits per heavy atom. The van der Waals surface area contributed by atoms with Crippen LogP contribution in [0, 0.1) is 12.3 Å². The maximum Gasteiger partial charge on any atom is 0.195 e. The molecule has 0 bridgehead atoms. The van der Waals surface area contributed by atoms with Gasteiger partial charge in [0, 0.05) is 18.0 Å². The molecule has 5 nitrogen and oxygen atoms in total. The zero-order valence-corrected chi connectivity index (χ0v) is 15.5. The molecule has 0 atom stereocenters. The molecule has 0 fully saturated rings. The van der Waals surface area contributed by atoms with Gasteiger partial charge in [-0.05, 0) is 42.5 Å². The number of sulfone groups is 1. The first-order chi connectivity index (χ1) is 12.5. The molecular weight excluding hydrogens is 368 g/mol. The molecule has 2 aromatic carbocycles. The van der Waals surface area contributed by atoms with Crippen LogP contribution in [0.4, 0.5) is 0 Å². The number of thiazole rings is 1. The summed E-state index contributed by atoms with van der Waals surface area (Å²) in [7, 11) is -3.22. The summed E-state index contributed by atoms with van der Waals surface area (Å²) in [5.74, 6) is 3.15. The SMILES string of the molecule is C#CCOc1ccc(-c2cn3c(n2)sc2cc(S(C)(=O)=O)ccc23)cc1. The van der Waals surface area contributed by atoms with Crippen molar-refractivity contribution < 1.29 is 13.2 Å². The predicted octanol–water partition coefficient (Wildman–Crippen LogP) is 3.63. The van der Waals surface area contributed by atoms with Gasteiger partial charge in [0.2, 0.25) is 0 Å². The van der Waals surface area contributed by atoms with Crippen molar-refractivity contribution in [3.05, 3.63) is 48.7 Å².